The molecule has 1 heteroatoms. The molecule has 1 nitrogen and oxygen atoms in total. The lowest BCUT2D eigenvalue weighted by atomic mass is 9.98. The molecule has 0 N–H and O–H groups in total. The quantitative estimate of drug-likeness (QED) is 0.477. The largest absolute Gasteiger partial charge is 0.443 e. The van der Waals surface area contributed by atoms with Gasteiger partial charge in [-0.1, -0.05) is 25.7 Å². The molecule has 1 rings (SSSR count). The molecule has 0 spiro atoms. The summed E-state index contributed by atoms with van der Waals surface area (Å²) in [6.45, 7) is 2.18. The molecule has 0 saturated heterocycles. The summed E-state index contributed by atoms with van der Waals surface area (Å²) in [6.07, 6.45) is 13.1. The van der Waals surface area contributed by atoms with E-state index in [9.17, 15) is 0 Å². The number of rotatable bonds is 3. The molecule has 0 amide bonds. The SMILES string of the molecule is CCCCC#COC1CCCCC1. The zero-order valence-corrected chi connectivity index (χ0v) is 8.64. The van der Waals surface area contributed by atoms with Gasteiger partial charge in [0.05, 0.1) is 0 Å². The fourth-order valence-corrected chi connectivity index (χ4v) is 1.62. The van der Waals surface area contributed by atoms with Crippen LogP contribution in [0.1, 0.15) is 58.3 Å². The summed E-state index contributed by atoms with van der Waals surface area (Å²) in [4.78, 5) is 0. The summed E-state index contributed by atoms with van der Waals surface area (Å²) in [7, 11) is 0. The Morgan fingerprint density at radius 2 is 2.00 bits per heavy atom. The van der Waals surface area contributed by atoms with Gasteiger partial charge in [0.25, 0.3) is 0 Å². The van der Waals surface area contributed by atoms with Gasteiger partial charge in [0, 0.05) is 6.42 Å². The zero-order chi connectivity index (χ0) is 9.36. The molecule has 1 aliphatic rings. The first-order chi connectivity index (χ1) is 6.43. The van der Waals surface area contributed by atoms with Crippen molar-refractivity contribution in [1.29, 1.82) is 0 Å². The molecule has 1 saturated carbocycles. The standard InChI is InChI=1S/C12H20O/c1-2-3-4-8-11-13-12-9-6-5-7-10-12/h12H,2-7,9-10H2,1H3. The van der Waals surface area contributed by atoms with Crippen LogP contribution in [0.5, 0.6) is 0 Å². The maximum atomic E-state index is 5.47. The summed E-state index contributed by atoms with van der Waals surface area (Å²) < 4.78 is 5.47. The Balaban J connectivity index is 2.04. The second kappa shape index (κ2) is 6.83. The lowest BCUT2D eigenvalue weighted by Gasteiger charge is -2.18. The topological polar surface area (TPSA) is 9.23 Å². The van der Waals surface area contributed by atoms with Crippen molar-refractivity contribution in [3.05, 3.63) is 0 Å². The van der Waals surface area contributed by atoms with E-state index in [2.05, 4.69) is 19.0 Å². The van der Waals surface area contributed by atoms with E-state index in [1.807, 2.05) is 0 Å². The molecule has 1 fully saturated rings. The smallest absolute Gasteiger partial charge is 0.110 e. The first-order valence-corrected chi connectivity index (χ1v) is 5.57. The Kier molecular flexibility index (Phi) is 5.49. The Labute approximate surface area is 81.9 Å². The summed E-state index contributed by atoms with van der Waals surface area (Å²) >= 11 is 0. The van der Waals surface area contributed by atoms with Crippen LogP contribution in [0, 0.1) is 12.0 Å². The third kappa shape index (κ3) is 4.83. The van der Waals surface area contributed by atoms with Crippen LogP contribution in [0.15, 0.2) is 0 Å². The third-order valence-corrected chi connectivity index (χ3v) is 2.51. The van der Waals surface area contributed by atoms with Gasteiger partial charge in [-0.15, -0.1) is 0 Å². The molecule has 0 aliphatic heterocycles. The molecule has 13 heavy (non-hydrogen) atoms. The van der Waals surface area contributed by atoms with E-state index in [0.29, 0.717) is 6.10 Å². The van der Waals surface area contributed by atoms with Crippen LogP contribution < -0.4 is 0 Å². The summed E-state index contributed by atoms with van der Waals surface area (Å²) in [5, 5.41) is 0. The maximum absolute atomic E-state index is 5.47. The fraction of sp³-hybridized carbons (Fsp3) is 0.833. The molecule has 0 heterocycles. The van der Waals surface area contributed by atoms with Crippen molar-refractivity contribution >= 4 is 0 Å². The number of hydrogen-bond donors (Lipinski definition) is 0. The number of ether oxygens (including phenoxy) is 1. The molecule has 0 atom stereocenters. The second-order valence-corrected chi connectivity index (χ2v) is 3.76. The average Bonchev–Trinajstić information content (AvgIpc) is 2.19. The van der Waals surface area contributed by atoms with Crippen LogP contribution in [0.4, 0.5) is 0 Å². The summed E-state index contributed by atoms with van der Waals surface area (Å²) in [5.74, 6) is 3.06. The predicted octanol–water partition coefficient (Wildman–Crippen LogP) is 3.49. The lowest BCUT2D eigenvalue weighted by Crippen LogP contribution is -2.13. The highest BCUT2D eigenvalue weighted by molar-refractivity contribution is 4.92. The fourth-order valence-electron chi connectivity index (χ4n) is 1.62. The molecule has 74 valence electrons. The van der Waals surface area contributed by atoms with E-state index in [0.717, 1.165) is 6.42 Å². The first kappa shape index (κ1) is 10.4. The van der Waals surface area contributed by atoms with Gasteiger partial charge >= 0.3 is 0 Å². The van der Waals surface area contributed by atoms with Gasteiger partial charge in [-0.2, -0.15) is 0 Å². The van der Waals surface area contributed by atoms with Gasteiger partial charge in [0.1, 0.15) is 12.2 Å². The van der Waals surface area contributed by atoms with Gasteiger partial charge in [0.15, 0.2) is 0 Å². The molecule has 0 radical (unpaired) electrons. The van der Waals surface area contributed by atoms with Crippen LogP contribution in [0.3, 0.4) is 0 Å². The Bertz CT molecular complexity index is 169. The van der Waals surface area contributed by atoms with E-state index >= 15 is 0 Å². The van der Waals surface area contributed by atoms with E-state index in [4.69, 9.17) is 4.74 Å². The van der Waals surface area contributed by atoms with Crippen LogP contribution >= 0.6 is 0 Å². The van der Waals surface area contributed by atoms with Crippen LogP contribution in [0.25, 0.3) is 0 Å². The highest BCUT2D eigenvalue weighted by Gasteiger charge is 2.12. The Morgan fingerprint density at radius 1 is 1.23 bits per heavy atom. The van der Waals surface area contributed by atoms with Crippen LogP contribution in [-0.4, -0.2) is 6.10 Å². The third-order valence-electron chi connectivity index (χ3n) is 2.51. The first-order valence-electron chi connectivity index (χ1n) is 5.57. The molecule has 1 aliphatic carbocycles. The van der Waals surface area contributed by atoms with Crippen molar-refractivity contribution in [2.24, 2.45) is 0 Å². The minimum Gasteiger partial charge on any atom is -0.443 e. The Morgan fingerprint density at radius 3 is 2.69 bits per heavy atom. The van der Waals surface area contributed by atoms with Crippen molar-refractivity contribution < 1.29 is 4.74 Å². The lowest BCUT2D eigenvalue weighted by molar-refractivity contribution is 0.124. The second-order valence-electron chi connectivity index (χ2n) is 3.76. The van der Waals surface area contributed by atoms with E-state index < -0.39 is 0 Å². The molecule has 0 unspecified atom stereocenters. The molecule has 0 aromatic rings. The van der Waals surface area contributed by atoms with Gasteiger partial charge in [-0.25, -0.2) is 0 Å². The van der Waals surface area contributed by atoms with E-state index in [-0.39, 0.29) is 0 Å². The van der Waals surface area contributed by atoms with Crippen molar-refractivity contribution in [2.75, 3.05) is 0 Å². The van der Waals surface area contributed by atoms with Gasteiger partial charge in [-0.05, 0) is 32.1 Å². The van der Waals surface area contributed by atoms with Crippen molar-refractivity contribution in [1.82, 2.24) is 0 Å². The zero-order valence-electron chi connectivity index (χ0n) is 8.64. The summed E-state index contributed by atoms with van der Waals surface area (Å²) in [6, 6.07) is 0. The van der Waals surface area contributed by atoms with Crippen molar-refractivity contribution in [3.8, 4) is 12.0 Å². The molecule has 0 aromatic heterocycles. The monoisotopic (exact) mass is 180 g/mol. The molecule has 0 bridgehead atoms. The van der Waals surface area contributed by atoms with Gasteiger partial charge in [-0.3, -0.25) is 0 Å². The van der Waals surface area contributed by atoms with Crippen LogP contribution in [0.2, 0.25) is 0 Å². The van der Waals surface area contributed by atoms with Gasteiger partial charge in [0.2, 0.25) is 0 Å². The maximum Gasteiger partial charge on any atom is 0.110 e. The van der Waals surface area contributed by atoms with E-state index in [1.54, 1.807) is 0 Å². The van der Waals surface area contributed by atoms with Crippen LogP contribution in [-0.2, 0) is 4.74 Å². The highest BCUT2D eigenvalue weighted by atomic mass is 16.5. The minimum atomic E-state index is 0.433. The summed E-state index contributed by atoms with van der Waals surface area (Å²) in [5.41, 5.74) is 0. The van der Waals surface area contributed by atoms with Crippen molar-refractivity contribution in [2.45, 2.75) is 64.4 Å². The minimum absolute atomic E-state index is 0.433. The number of unbranched alkanes of at least 4 members (excludes halogenated alkanes) is 2. The molecular weight excluding hydrogens is 160 g/mol. The molecular formula is C12H20O. The predicted molar refractivity (Wildman–Crippen MR) is 55.3 cm³/mol. The average molecular weight is 180 g/mol. The van der Waals surface area contributed by atoms with E-state index in [1.165, 1.54) is 44.9 Å². The highest BCUT2D eigenvalue weighted by Crippen LogP contribution is 2.19. The van der Waals surface area contributed by atoms with Crippen molar-refractivity contribution in [3.63, 3.8) is 0 Å². The van der Waals surface area contributed by atoms with Gasteiger partial charge < -0.3 is 4.74 Å². The normalized spacial score (nSPS) is 17.6. The number of hydrogen-bond acceptors (Lipinski definition) is 1. The Hall–Kier alpha value is -0.640. The molecule has 0 aromatic carbocycles.